The third-order valence-electron chi connectivity index (χ3n) is 6.29. The van der Waals surface area contributed by atoms with Crippen molar-refractivity contribution in [2.75, 3.05) is 38.2 Å². The molecular formula is C24H27N5O3. The molecule has 0 aliphatic carbocycles. The minimum atomic E-state index is -0.372. The Morgan fingerprint density at radius 1 is 1.12 bits per heavy atom. The number of pyridine rings is 2. The molecule has 166 valence electrons. The van der Waals surface area contributed by atoms with Crippen molar-refractivity contribution in [1.29, 1.82) is 0 Å². The van der Waals surface area contributed by atoms with Crippen LogP contribution in [0.4, 0.5) is 10.5 Å². The molecule has 1 N–H and O–H groups in total. The molecule has 0 radical (unpaired) electrons. The molecule has 3 aromatic rings. The van der Waals surface area contributed by atoms with Crippen molar-refractivity contribution in [3.63, 3.8) is 0 Å². The third kappa shape index (κ3) is 4.18. The van der Waals surface area contributed by atoms with Gasteiger partial charge in [0.2, 0.25) is 5.88 Å². The molecule has 8 nitrogen and oxygen atoms in total. The van der Waals surface area contributed by atoms with Gasteiger partial charge in [0.15, 0.2) is 0 Å². The fourth-order valence-corrected chi connectivity index (χ4v) is 4.73. The van der Waals surface area contributed by atoms with E-state index in [1.54, 1.807) is 7.11 Å². The zero-order valence-electron chi connectivity index (χ0n) is 18.1. The van der Waals surface area contributed by atoms with E-state index in [1.807, 2.05) is 54.7 Å². The Labute approximate surface area is 187 Å². The molecule has 2 aliphatic rings. The van der Waals surface area contributed by atoms with Crippen LogP contribution in [0.5, 0.6) is 5.88 Å². The van der Waals surface area contributed by atoms with Crippen LogP contribution in [0.1, 0.15) is 12.0 Å². The summed E-state index contributed by atoms with van der Waals surface area (Å²) in [6.07, 6.45) is 2.59. The average Bonchev–Trinajstić information content (AvgIpc) is 3.43. The van der Waals surface area contributed by atoms with Gasteiger partial charge in [0.1, 0.15) is 12.1 Å². The maximum atomic E-state index is 12.0. The third-order valence-corrected chi connectivity index (χ3v) is 6.29. The molecule has 2 unspecified atom stereocenters. The normalized spacial score (nSPS) is 20.0. The number of carbonyl (C=O) groups is 1. The number of rotatable bonds is 7. The number of carbonyl (C=O) groups excluding carboxylic acids is 1. The van der Waals surface area contributed by atoms with Gasteiger partial charge in [0, 0.05) is 50.5 Å². The molecule has 0 spiro atoms. The van der Waals surface area contributed by atoms with E-state index < -0.39 is 0 Å². The Balaban J connectivity index is 1.14. The predicted molar refractivity (Wildman–Crippen MR) is 122 cm³/mol. The van der Waals surface area contributed by atoms with E-state index in [-0.39, 0.29) is 12.7 Å². The topological polar surface area (TPSA) is 79.8 Å². The lowest BCUT2D eigenvalue weighted by Gasteiger charge is -2.35. The average molecular weight is 434 g/mol. The Hall–Kier alpha value is -3.39. The van der Waals surface area contributed by atoms with Crippen molar-refractivity contribution >= 4 is 22.8 Å². The minimum Gasteiger partial charge on any atom is -0.481 e. The number of methoxy groups -OCH3 is 1. The molecule has 2 aromatic heterocycles. The van der Waals surface area contributed by atoms with Crippen LogP contribution in [-0.4, -0.2) is 66.3 Å². The summed E-state index contributed by atoms with van der Waals surface area (Å²) >= 11 is 0. The summed E-state index contributed by atoms with van der Waals surface area (Å²) in [6, 6.07) is 16.4. The van der Waals surface area contributed by atoms with Crippen molar-refractivity contribution in [3.05, 3.63) is 60.3 Å². The standard InChI is InChI=1S/C24H27N5O3/c1-31-22-8-7-20-23(27-22)21(9-10-25-20)29-15-18-13-19(29)14-28(18)12-11-26-24(30)32-16-17-5-3-2-4-6-17/h2-10,18-19H,11-16H2,1H3,(H,26,30). The van der Waals surface area contributed by atoms with Crippen molar-refractivity contribution in [2.24, 2.45) is 0 Å². The zero-order valence-corrected chi connectivity index (χ0v) is 18.1. The smallest absolute Gasteiger partial charge is 0.407 e. The molecule has 32 heavy (non-hydrogen) atoms. The number of nitrogens with one attached hydrogen (secondary N) is 1. The van der Waals surface area contributed by atoms with Crippen LogP contribution in [0.3, 0.4) is 0 Å². The molecule has 0 saturated carbocycles. The number of piperazine rings is 1. The van der Waals surface area contributed by atoms with E-state index in [9.17, 15) is 4.79 Å². The number of ether oxygens (including phenoxy) is 2. The second-order valence-electron chi connectivity index (χ2n) is 8.23. The second-order valence-corrected chi connectivity index (χ2v) is 8.23. The highest BCUT2D eigenvalue weighted by molar-refractivity contribution is 5.88. The van der Waals surface area contributed by atoms with E-state index in [0.717, 1.165) is 48.3 Å². The lowest BCUT2D eigenvalue weighted by Crippen LogP contribution is -2.48. The van der Waals surface area contributed by atoms with Crippen LogP contribution in [0.2, 0.25) is 0 Å². The highest BCUT2D eigenvalue weighted by Crippen LogP contribution is 2.37. The molecule has 2 aliphatic heterocycles. The number of hydrogen-bond acceptors (Lipinski definition) is 7. The summed E-state index contributed by atoms with van der Waals surface area (Å²) in [7, 11) is 1.63. The number of hydrogen-bond donors (Lipinski definition) is 1. The molecule has 1 amide bonds. The first kappa shape index (κ1) is 20.5. The number of alkyl carbamates (subject to hydrolysis) is 1. The molecule has 8 heteroatoms. The number of benzene rings is 1. The van der Waals surface area contributed by atoms with Gasteiger partial charge >= 0.3 is 6.09 Å². The lowest BCUT2D eigenvalue weighted by atomic mass is 10.2. The van der Waals surface area contributed by atoms with Gasteiger partial charge in [-0.15, -0.1) is 0 Å². The van der Waals surface area contributed by atoms with Crippen LogP contribution in [-0.2, 0) is 11.3 Å². The highest BCUT2D eigenvalue weighted by Gasteiger charge is 2.43. The quantitative estimate of drug-likeness (QED) is 0.614. The molecular weight excluding hydrogens is 406 g/mol. The van der Waals surface area contributed by atoms with Gasteiger partial charge in [0.25, 0.3) is 0 Å². The molecule has 2 saturated heterocycles. The monoisotopic (exact) mass is 433 g/mol. The minimum absolute atomic E-state index is 0.286. The molecule has 2 fully saturated rings. The lowest BCUT2D eigenvalue weighted by molar-refractivity contribution is 0.137. The summed E-state index contributed by atoms with van der Waals surface area (Å²) in [5.74, 6) is 0.600. The summed E-state index contributed by atoms with van der Waals surface area (Å²) in [5, 5.41) is 2.87. The number of anilines is 1. The van der Waals surface area contributed by atoms with Crippen LogP contribution in [0.25, 0.3) is 11.0 Å². The van der Waals surface area contributed by atoms with E-state index in [4.69, 9.17) is 9.47 Å². The Morgan fingerprint density at radius 3 is 2.78 bits per heavy atom. The SMILES string of the molecule is COc1ccc2nccc(N3CC4CC3CN4CCNC(=O)OCc3ccccc3)c2n1. The number of likely N-dealkylation sites (tertiary alicyclic amines) is 1. The van der Waals surface area contributed by atoms with E-state index >= 15 is 0 Å². The maximum absolute atomic E-state index is 12.0. The molecule has 2 atom stereocenters. The molecule has 1 aromatic carbocycles. The van der Waals surface area contributed by atoms with Crippen molar-refractivity contribution in [2.45, 2.75) is 25.1 Å². The number of aromatic nitrogens is 2. The van der Waals surface area contributed by atoms with Crippen molar-refractivity contribution in [1.82, 2.24) is 20.2 Å². The maximum Gasteiger partial charge on any atom is 0.407 e. The molecule has 2 bridgehead atoms. The van der Waals surface area contributed by atoms with Gasteiger partial charge < -0.3 is 19.7 Å². The van der Waals surface area contributed by atoms with Gasteiger partial charge in [0.05, 0.1) is 18.3 Å². The van der Waals surface area contributed by atoms with E-state index in [2.05, 4.69) is 25.1 Å². The van der Waals surface area contributed by atoms with Gasteiger partial charge in [-0.25, -0.2) is 9.78 Å². The fraction of sp³-hybridized carbons (Fsp3) is 0.375. The Morgan fingerprint density at radius 2 is 2.00 bits per heavy atom. The van der Waals surface area contributed by atoms with Crippen LogP contribution in [0, 0.1) is 0 Å². The number of nitrogens with zero attached hydrogens (tertiary/aromatic N) is 4. The Kier molecular flexibility index (Phi) is 5.77. The fourth-order valence-electron chi connectivity index (χ4n) is 4.73. The van der Waals surface area contributed by atoms with Gasteiger partial charge in [-0.1, -0.05) is 30.3 Å². The zero-order chi connectivity index (χ0) is 21.9. The van der Waals surface area contributed by atoms with Crippen molar-refractivity contribution in [3.8, 4) is 5.88 Å². The first-order valence-corrected chi connectivity index (χ1v) is 11.0. The van der Waals surface area contributed by atoms with Crippen molar-refractivity contribution < 1.29 is 14.3 Å². The Bertz CT molecular complexity index is 1090. The molecule has 4 heterocycles. The van der Waals surface area contributed by atoms with E-state index in [0.29, 0.717) is 24.5 Å². The summed E-state index contributed by atoms with van der Waals surface area (Å²) in [4.78, 5) is 26.0. The largest absolute Gasteiger partial charge is 0.481 e. The van der Waals surface area contributed by atoms with Crippen LogP contribution < -0.4 is 15.0 Å². The second kappa shape index (κ2) is 9.00. The number of amides is 1. The van der Waals surface area contributed by atoms with Gasteiger partial charge in [-0.3, -0.25) is 9.88 Å². The predicted octanol–water partition coefficient (Wildman–Crippen LogP) is 2.83. The molecule has 5 rings (SSSR count). The summed E-state index contributed by atoms with van der Waals surface area (Å²) in [6.45, 7) is 3.60. The summed E-state index contributed by atoms with van der Waals surface area (Å²) < 4.78 is 10.6. The van der Waals surface area contributed by atoms with Crippen LogP contribution >= 0.6 is 0 Å². The van der Waals surface area contributed by atoms with E-state index in [1.165, 1.54) is 0 Å². The first-order valence-electron chi connectivity index (χ1n) is 11.0. The van der Waals surface area contributed by atoms with Gasteiger partial charge in [-0.2, -0.15) is 0 Å². The summed E-state index contributed by atoms with van der Waals surface area (Å²) in [5.41, 5.74) is 3.86. The first-order chi connectivity index (χ1) is 15.7. The number of fused-ring (bicyclic) bond motifs is 3. The highest BCUT2D eigenvalue weighted by atomic mass is 16.5. The van der Waals surface area contributed by atoms with Gasteiger partial charge in [-0.05, 0) is 24.1 Å². The van der Waals surface area contributed by atoms with Crippen LogP contribution in [0.15, 0.2) is 54.7 Å².